The van der Waals surface area contributed by atoms with Crippen LogP contribution in [0.25, 0.3) is 0 Å². The highest BCUT2D eigenvalue weighted by molar-refractivity contribution is 7.80. The van der Waals surface area contributed by atoms with Crippen LogP contribution in [0.1, 0.15) is 12.8 Å². The van der Waals surface area contributed by atoms with Crippen LogP contribution in [-0.4, -0.2) is 42.7 Å². The molecule has 1 fully saturated rings. The van der Waals surface area contributed by atoms with Crippen molar-refractivity contribution in [2.75, 3.05) is 26.8 Å². The van der Waals surface area contributed by atoms with Crippen LogP contribution in [0.3, 0.4) is 0 Å². The SMILES string of the molecule is COCCN(CC(N)=S)C1CC1. The first kappa shape index (κ1) is 9.89. The third-order valence-corrected chi connectivity index (χ3v) is 2.13. The largest absolute Gasteiger partial charge is 0.392 e. The average Bonchev–Trinajstić information content (AvgIpc) is 2.79. The lowest BCUT2D eigenvalue weighted by Crippen LogP contribution is -2.36. The Hall–Kier alpha value is -0.190. The zero-order valence-electron chi connectivity index (χ0n) is 7.45. The highest BCUT2D eigenvalue weighted by atomic mass is 32.1. The van der Waals surface area contributed by atoms with Crippen molar-refractivity contribution in [1.82, 2.24) is 4.90 Å². The van der Waals surface area contributed by atoms with Gasteiger partial charge in [0, 0.05) is 26.2 Å². The lowest BCUT2D eigenvalue weighted by molar-refractivity contribution is 0.153. The van der Waals surface area contributed by atoms with Gasteiger partial charge in [0.2, 0.25) is 0 Å². The van der Waals surface area contributed by atoms with E-state index in [9.17, 15) is 0 Å². The maximum absolute atomic E-state index is 5.48. The highest BCUT2D eigenvalue weighted by Crippen LogP contribution is 2.26. The number of hydrogen-bond acceptors (Lipinski definition) is 3. The molecule has 0 unspecified atom stereocenters. The molecule has 0 aromatic rings. The lowest BCUT2D eigenvalue weighted by Gasteiger charge is -2.20. The van der Waals surface area contributed by atoms with Crippen molar-refractivity contribution in [1.29, 1.82) is 0 Å². The lowest BCUT2D eigenvalue weighted by atomic mass is 10.4. The maximum atomic E-state index is 5.48. The fourth-order valence-electron chi connectivity index (χ4n) is 1.24. The molecule has 12 heavy (non-hydrogen) atoms. The number of thiocarbonyl (C=S) groups is 1. The van der Waals surface area contributed by atoms with E-state index in [1.165, 1.54) is 12.8 Å². The van der Waals surface area contributed by atoms with E-state index in [1.54, 1.807) is 7.11 Å². The predicted molar refractivity (Wildman–Crippen MR) is 53.3 cm³/mol. The Bertz CT molecular complexity index is 159. The van der Waals surface area contributed by atoms with Crippen LogP contribution in [-0.2, 0) is 4.74 Å². The number of nitrogens with two attached hydrogens (primary N) is 1. The van der Waals surface area contributed by atoms with Crippen LogP contribution < -0.4 is 5.73 Å². The van der Waals surface area contributed by atoms with E-state index >= 15 is 0 Å². The Kier molecular flexibility index (Phi) is 3.91. The molecule has 1 saturated carbocycles. The van der Waals surface area contributed by atoms with Crippen molar-refractivity contribution in [3.05, 3.63) is 0 Å². The second-order valence-corrected chi connectivity index (χ2v) is 3.69. The molecule has 1 rings (SSSR count). The Morgan fingerprint density at radius 3 is 2.75 bits per heavy atom. The molecule has 3 nitrogen and oxygen atoms in total. The van der Waals surface area contributed by atoms with Crippen molar-refractivity contribution in [3.8, 4) is 0 Å². The molecule has 2 N–H and O–H groups in total. The zero-order chi connectivity index (χ0) is 8.97. The molecule has 1 aliphatic carbocycles. The molecular formula is C8H16N2OS. The molecule has 4 heteroatoms. The molecule has 0 aliphatic heterocycles. The van der Waals surface area contributed by atoms with Gasteiger partial charge in [0.05, 0.1) is 11.6 Å². The maximum Gasteiger partial charge on any atom is 0.0870 e. The van der Waals surface area contributed by atoms with Gasteiger partial charge in [-0.1, -0.05) is 12.2 Å². The Balaban J connectivity index is 2.22. The molecule has 1 aliphatic rings. The van der Waals surface area contributed by atoms with Crippen LogP contribution in [0.2, 0.25) is 0 Å². The van der Waals surface area contributed by atoms with Gasteiger partial charge >= 0.3 is 0 Å². The van der Waals surface area contributed by atoms with Crippen molar-refractivity contribution in [2.24, 2.45) is 5.73 Å². The fourth-order valence-corrected chi connectivity index (χ4v) is 1.40. The molecule has 0 bridgehead atoms. The molecule has 0 aromatic carbocycles. The predicted octanol–water partition coefficient (Wildman–Crippen LogP) is 0.383. The molecule has 70 valence electrons. The summed E-state index contributed by atoms with van der Waals surface area (Å²) in [5.74, 6) is 0. The zero-order valence-corrected chi connectivity index (χ0v) is 8.27. The number of rotatable bonds is 6. The summed E-state index contributed by atoms with van der Waals surface area (Å²) in [7, 11) is 1.71. The molecule has 0 heterocycles. The van der Waals surface area contributed by atoms with Gasteiger partial charge in [-0.2, -0.15) is 0 Å². The minimum Gasteiger partial charge on any atom is -0.392 e. The third kappa shape index (κ3) is 3.47. The van der Waals surface area contributed by atoms with Gasteiger partial charge in [0.1, 0.15) is 0 Å². The van der Waals surface area contributed by atoms with Crippen LogP contribution >= 0.6 is 12.2 Å². The van der Waals surface area contributed by atoms with Crippen LogP contribution in [0.4, 0.5) is 0 Å². The van der Waals surface area contributed by atoms with Crippen molar-refractivity contribution >= 4 is 17.2 Å². The quantitative estimate of drug-likeness (QED) is 0.612. The van der Waals surface area contributed by atoms with E-state index in [0.717, 1.165) is 19.7 Å². The first-order valence-corrected chi connectivity index (χ1v) is 4.66. The van der Waals surface area contributed by atoms with Crippen LogP contribution in [0, 0.1) is 0 Å². The van der Waals surface area contributed by atoms with E-state index < -0.39 is 0 Å². The molecule has 0 amide bonds. The Morgan fingerprint density at radius 2 is 2.33 bits per heavy atom. The second kappa shape index (κ2) is 4.74. The van der Waals surface area contributed by atoms with Gasteiger partial charge in [0.25, 0.3) is 0 Å². The van der Waals surface area contributed by atoms with E-state index in [0.29, 0.717) is 11.0 Å². The van der Waals surface area contributed by atoms with Crippen LogP contribution in [0.15, 0.2) is 0 Å². The summed E-state index contributed by atoms with van der Waals surface area (Å²) in [6, 6.07) is 0.710. The van der Waals surface area contributed by atoms with E-state index in [1.807, 2.05) is 0 Å². The molecule has 0 atom stereocenters. The highest BCUT2D eigenvalue weighted by Gasteiger charge is 2.28. The average molecular weight is 188 g/mol. The summed E-state index contributed by atoms with van der Waals surface area (Å²) in [6.07, 6.45) is 2.57. The Labute approximate surface area is 78.9 Å². The third-order valence-electron chi connectivity index (χ3n) is 2.00. The summed E-state index contributed by atoms with van der Waals surface area (Å²) in [5.41, 5.74) is 5.48. The van der Waals surface area contributed by atoms with E-state index in [-0.39, 0.29) is 0 Å². The standard InChI is InChI=1S/C8H16N2OS/c1-11-5-4-10(6-8(9)12)7-2-3-7/h7H,2-6H2,1H3,(H2,9,12). The minimum atomic E-state index is 0.581. The van der Waals surface area contributed by atoms with Gasteiger partial charge in [-0.25, -0.2) is 0 Å². The molecule has 0 spiro atoms. The van der Waals surface area contributed by atoms with Gasteiger partial charge in [0.15, 0.2) is 0 Å². The summed E-state index contributed by atoms with van der Waals surface area (Å²) in [5, 5.41) is 0. The van der Waals surface area contributed by atoms with Crippen molar-refractivity contribution in [2.45, 2.75) is 18.9 Å². The summed E-state index contributed by atoms with van der Waals surface area (Å²) in [4.78, 5) is 2.88. The summed E-state index contributed by atoms with van der Waals surface area (Å²) in [6.45, 7) is 2.45. The van der Waals surface area contributed by atoms with E-state index in [2.05, 4.69) is 4.90 Å². The van der Waals surface area contributed by atoms with Gasteiger partial charge < -0.3 is 10.5 Å². The van der Waals surface area contributed by atoms with Gasteiger partial charge in [-0.15, -0.1) is 0 Å². The van der Waals surface area contributed by atoms with Gasteiger partial charge in [-0.3, -0.25) is 4.90 Å². The van der Waals surface area contributed by atoms with E-state index in [4.69, 9.17) is 22.7 Å². The molecular weight excluding hydrogens is 172 g/mol. The Morgan fingerprint density at radius 1 is 1.67 bits per heavy atom. The topological polar surface area (TPSA) is 38.5 Å². The molecule has 0 radical (unpaired) electrons. The second-order valence-electron chi connectivity index (χ2n) is 3.16. The number of hydrogen-bond donors (Lipinski definition) is 1. The number of ether oxygens (including phenoxy) is 1. The van der Waals surface area contributed by atoms with Crippen LogP contribution in [0.5, 0.6) is 0 Å². The normalized spacial score (nSPS) is 16.8. The van der Waals surface area contributed by atoms with Gasteiger partial charge in [-0.05, 0) is 12.8 Å². The van der Waals surface area contributed by atoms with Crippen molar-refractivity contribution < 1.29 is 4.74 Å². The molecule has 0 saturated heterocycles. The fraction of sp³-hybridized carbons (Fsp3) is 0.875. The molecule has 0 aromatic heterocycles. The number of methoxy groups -OCH3 is 1. The number of nitrogens with zero attached hydrogens (tertiary/aromatic N) is 1. The van der Waals surface area contributed by atoms with Crippen molar-refractivity contribution in [3.63, 3.8) is 0 Å². The summed E-state index contributed by atoms with van der Waals surface area (Å²) >= 11 is 4.86. The minimum absolute atomic E-state index is 0.581. The summed E-state index contributed by atoms with van der Waals surface area (Å²) < 4.78 is 5.01. The first-order valence-electron chi connectivity index (χ1n) is 4.25. The monoisotopic (exact) mass is 188 g/mol. The smallest absolute Gasteiger partial charge is 0.0870 e. The first-order chi connectivity index (χ1) is 5.74.